The van der Waals surface area contributed by atoms with Crippen molar-refractivity contribution in [2.75, 3.05) is 12.0 Å². The molecule has 0 aromatic heterocycles. The SMILES string of the molecule is CSC1CCCC(NC(=O)CCc2ccc(N)cc2)C1. The highest BCUT2D eigenvalue weighted by molar-refractivity contribution is 7.99. The molecule has 1 aliphatic carbocycles. The van der Waals surface area contributed by atoms with Crippen molar-refractivity contribution in [2.45, 2.75) is 49.8 Å². The lowest BCUT2D eigenvalue weighted by Gasteiger charge is -2.28. The number of rotatable bonds is 5. The molecule has 110 valence electrons. The summed E-state index contributed by atoms with van der Waals surface area (Å²) in [6.07, 6.45) is 8.28. The predicted molar refractivity (Wildman–Crippen MR) is 86.9 cm³/mol. The van der Waals surface area contributed by atoms with Gasteiger partial charge in [-0.15, -0.1) is 0 Å². The molecule has 1 saturated carbocycles. The van der Waals surface area contributed by atoms with E-state index < -0.39 is 0 Å². The first-order valence-corrected chi connectivity index (χ1v) is 8.62. The third-order valence-electron chi connectivity index (χ3n) is 3.94. The van der Waals surface area contributed by atoms with Crippen LogP contribution in [0.1, 0.15) is 37.7 Å². The van der Waals surface area contributed by atoms with Gasteiger partial charge in [0.25, 0.3) is 0 Å². The number of hydrogen-bond acceptors (Lipinski definition) is 3. The summed E-state index contributed by atoms with van der Waals surface area (Å²) in [6, 6.07) is 8.13. The topological polar surface area (TPSA) is 55.1 Å². The standard InChI is InChI=1S/C16H24N2OS/c1-20-15-4-2-3-14(11-15)18-16(19)10-7-12-5-8-13(17)9-6-12/h5-6,8-9,14-15H,2-4,7,10-11,17H2,1H3,(H,18,19). The number of nitrogen functional groups attached to an aromatic ring is 1. The number of aryl methyl sites for hydroxylation is 1. The van der Waals surface area contributed by atoms with Crippen LogP contribution in [0, 0.1) is 0 Å². The average molecular weight is 292 g/mol. The number of amides is 1. The van der Waals surface area contributed by atoms with Gasteiger partial charge < -0.3 is 11.1 Å². The van der Waals surface area contributed by atoms with Crippen molar-refractivity contribution in [1.82, 2.24) is 5.32 Å². The van der Waals surface area contributed by atoms with Gasteiger partial charge in [0.05, 0.1) is 0 Å². The second-order valence-electron chi connectivity index (χ2n) is 5.53. The van der Waals surface area contributed by atoms with Gasteiger partial charge in [0.2, 0.25) is 5.91 Å². The van der Waals surface area contributed by atoms with E-state index in [1.807, 2.05) is 36.0 Å². The number of anilines is 1. The van der Waals surface area contributed by atoms with E-state index in [1.54, 1.807) is 0 Å². The summed E-state index contributed by atoms with van der Waals surface area (Å²) in [4.78, 5) is 12.0. The summed E-state index contributed by atoms with van der Waals surface area (Å²) in [5.41, 5.74) is 7.58. The summed E-state index contributed by atoms with van der Waals surface area (Å²) in [5, 5.41) is 3.90. The molecule has 1 fully saturated rings. The van der Waals surface area contributed by atoms with Crippen molar-refractivity contribution < 1.29 is 4.79 Å². The van der Waals surface area contributed by atoms with Crippen molar-refractivity contribution in [3.05, 3.63) is 29.8 Å². The summed E-state index contributed by atoms with van der Waals surface area (Å²) in [6.45, 7) is 0. The largest absolute Gasteiger partial charge is 0.399 e. The first-order chi connectivity index (χ1) is 9.67. The van der Waals surface area contributed by atoms with Gasteiger partial charge in [-0.1, -0.05) is 18.6 Å². The highest BCUT2D eigenvalue weighted by Crippen LogP contribution is 2.26. The molecule has 2 unspecified atom stereocenters. The molecule has 1 aliphatic rings. The van der Waals surface area contributed by atoms with Gasteiger partial charge in [-0.25, -0.2) is 0 Å². The number of nitrogens with two attached hydrogens (primary N) is 1. The molecular weight excluding hydrogens is 268 g/mol. The van der Waals surface area contributed by atoms with Crippen molar-refractivity contribution in [2.24, 2.45) is 0 Å². The van der Waals surface area contributed by atoms with Crippen LogP contribution in [-0.4, -0.2) is 23.5 Å². The van der Waals surface area contributed by atoms with Crippen LogP contribution >= 0.6 is 11.8 Å². The lowest BCUT2D eigenvalue weighted by molar-refractivity contribution is -0.121. The molecule has 0 radical (unpaired) electrons. The predicted octanol–water partition coefficient (Wildman–Crippen LogP) is 2.99. The molecule has 1 amide bonds. The second-order valence-corrected chi connectivity index (χ2v) is 6.67. The van der Waals surface area contributed by atoms with Crippen molar-refractivity contribution in [1.29, 1.82) is 0 Å². The average Bonchev–Trinajstić information content (AvgIpc) is 2.47. The lowest BCUT2D eigenvalue weighted by Crippen LogP contribution is -2.39. The molecule has 2 rings (SSSR count). The Bertz CT molecular complexity index is 433. The highest BCUT2D eigenvalue weighted by atomic mass is 32.2. The van der Waals surface area contributed by atoms with E-state index in [9.17, 15) is 4.79 Å². The fourth-order valence-corrected chi connectivity index (χ4v) is 3.56. The Morgan fingerprint density at radius 2 is 2.10 bits per heavy atom. The first-order valence-electron chi connectivity index (χ1n) is 7.34. The third-order valence-corrected chi connectivity index (χ3v) is 5.04. The third kappa shape index (κ3) is 4.75. The maximum absolute atomic E-state index is 12.0. The molecule has 0 saturated heterocycles. The van der Waals surface area contributed by atoms with E-state index in [1.165, 1.54) is 18.4 Å². The minimum Gasteiger partial charge on any atom is -0.399 e. The molecule has 0 aliphatic heterocycles. The van der Waals surface area contributed by atoms with Crippen LogP contribution in [0.25, 0.3) is 0 Å². The fraction of sp³-hybridized carbons (Fsp3) is 0.562. The summed E-state index contributed by atoms with van der Waals surface area (Å²) >= 11 is 1.92. The van der Waals surface area contributed by atoms with Crippen molar-refractivity contribution in [3.8, 4) is 0 Å². The van der Waals surface area contributed by atoms with E-state index in [-0.39, 0.29) is 5.91 Å². The molecule has 1 aromatic carbocycles. The minimum absolute atomic E-state index is 0.175. The van der Waals surface area contributed by atoms with Crippen LogP contribution in [0.4, 0.5) is 5.69 Å². The maximum Gasteiger partial charge on any atom is 0.220 e. The van der Waals surface area contributed by atoms with Gasteiger partial charge >= 0.3 is 0 Å². The zero-order valence-electron chi connectivity index (χ0n) is 12.1. The van der Waals surface area contributed by atoms with Crippen LogP contribution in [-0.2, 0) is 11.2 Å². The molecule has 4 heteroatoms. The Morgan fingerprint density at radius 1 is 1.35 bits per heavy atom. The van der Waals surface area contributed by atoms with Gasteiger partial charge in [0, 0.05) is 23.4 Å². The number of nitrogens with one attached hydrogen (secondary N) is 1. The number of carbonyl (C=O) groups excluding carboxylic acids is 1. The Kier molecular flexibility index (Phi) is 5.77. The number of carbonyl (C=O) groups is 1. The molecule has 1 aromatic rings. The smallest absolute Gasteiger partial charge is 0.220 e. The zero-order chi connectivity index (χ0) is 14.4. The number of thioether (sulfide) groups is 1. The van der Waals surface area contributed by atoms with E-state index in [2.05, 4.69) is 11.6 Å². The fourth-order valence-electron chi connectivity index (χ4n) is 2.73. The number of benzene rings is 1. The van der Waals surface area contributed by atoms with Crippen LogP contribution < -0.4 is 11.1 Å². The van der Waals surface area contributed by atoms with Gasteiger partial charge in [0.15, 0.2) is 0 Å². The van der Waals surface area contributed by atoms with E-state index >= 15 is 0 Å². The Hall–Kier alpha value is -1.16. The van der Waals surface area contributed by atoms with Gasteiger partial charge in [-0.3, -0.25) is 4.79 Å². The van der Waals surface area contributed by atoms with Crippen LogP contribution in [0.15, 0.2) is 24.3 Å². The summed E-state index contributed by atoms with van der Waals surface area (Å²) < 4.78 is 0. The van der Waals surface area contributed by atoms with Gasteiger partial charge in [-0.2, -0.15) is 11.8 Å². The zero-order valence-corrected chi connectivity index (χ0v) is 12.9. The van der Waals surface area contributed by atoms with Gasteiger partial charge in [0.1, 0.15) is 0 Å². The van der Waals surface area contributed by atoms with Crippen LogP contribution in [0.3, 0.4) is 0 Å². The second kappa shape index (κ2) is 7.58. The minimum atomic E-state index is 0.175. The quantitative estimate of drug-likeness (QED) is 0.820. The van der Waals surface area contributed by atoms with E-state index in [4.69, 9.17) is 5.73 Å². The van der Waals surface area contributed by atoms with E-state index in [0.29, 0.717) is 17.7 Å². The van der Waals surface area contributed by atoms with Crippen LogP contribution in [0.5, 0.6) is 0 Å². The molecular formula is C16H24N2OS. The molecule has 0 heterocycles. The molecule has 2 atom stereocenters. The molecule has 3 nitrogen and oxygen atoms in total. The maximum atomic E-state index is 12.0. The molecule has 20 heavy (non-hydrogen) atoms. The first kappa shape index (κ1) is 15.2. The van der Waals surface area contributed by atoms with Gasteiger partial charge in [-0.05, 0) is 49.6 Å². The molecule has 0 bridgehead atoms. The lowest BCUT2D eigenvalue weighted by atomic mass is 9.94. The van der Waals surface area contributed by atoms with Crippen LogP contribution in [0.2, 0.25) is 0 Å². The normalized spacial score (nSPS) is 22.4. The monoisotopic (exact) mass is 292 g/mol. The Morgan fingerprint density at radius 3 is 2.80 bits per heavy atom. The summed E-state index contributed by atoms with van der Waals surface area (Å²) in [7, 11) is 0. The summed E-state index contributed by atoms with van der Waals surface area (Å²) in [5.74, 6) is 0.175. The Labute approximate surface area is 125 Å². The molecule has 3 N–H and O–H groups in total. The van der Waals surface area contributed by atoms with Crippen molar-refractivity contribution in [3.63, 3.8) is 0 Å². The van der Waals surface area contributed by atoms with E-state index in [0.717, 1.165) is 24.9 Å². The molecule has 0 spiro atoms. The van der Waals surface area contributed by atoms with Crippen molar-refractivity contribution >= 4 is 23.4 Å². The highest BCUT2D eigenvalue weighted by Gasteiger charge is 2.22. The number of hydrogen-bond donors (Lipinski definition) is 2. The Balaban J connectivity index is 1.73.